The summed E-state index contributed by atoms with van der Waals surface area (Å²) in [6.45, 7) is 5.04. The Hall–Kier alpha value is -2.74. The first-order valence-electron chi connectivity index (χ1n) is 8.13. The Morgan fingerprint density at radius 1 is 1.31 bits per heavy atom. The van der Waals surface area contributed by atoms with Gasteiger partial charge in [0.15, 0.2) is 11.0 Å². The minimum absolute atomic E-state index is 0.0687. The molecular formula is C18H20N4O3S. The number of aliphatic carboxylic acids is 1. The van der Waals surface area contributed by atoms with Gasteiger partial charge in [0, 0.05) is 5.69 Å². The highest BCUT2D eigenvalue weighted by atomic mass is 32.2. The van der Waals surface area contributed by atoms with Crippen LogP contribution in [-0.4, -0.2) is 31.6 Å². The minimum atomic E-state index is -0.891. The van der Waals surface area contributed by atoms with Gasteiger partial charge >= 0.3 is 5.97 Å². The van der Waals surface area contributed by atoms with Crippen molar-refractivity contribution in [3.05, 3.63) is 59.3 Å². The van der Waals surface area contributed by atoms with Gasteiger partial charge in [-0.25, -0.2) is 0 Å². The summed E-state index contributed by atoms with van der Waals surface area (Å²) in [5.74, 6) is 0.516. The Morgan fingerprint density at radius 3 is 2.85 bits per heavy atom. The highest BCUT2D eigenvalue weighted by Crippen LogP contribution is 2.21. The second kappa shape index (κ2) is 8.09. The number of aromatic nitrogens is 3. The number of carbonyl (C=O) groups is 1. The van der Waals surface area contributed by atoms with Gasteiger partial charge in [-0.3, -0.25) is 9.36 Å². The van der Waals surface area contributed by atoms with E-state index < -0.39 is 5.97 Å². The molecule has 3 aromatic rings. The quantitative estimate of drug-likeness (QED) is 0.586. The fourth-order valence-corrected chi connectivity index (χ4v) is 3.26. The number of carboxylic acids is 1. The lowest BCUT2D eigenvalue weighted by Crippen LogP contribution is -2.11. The fraction of sp³-hybridized carbons (Fsp3) is 0.278. The van der Waals surface area contributed by atoms with Crippen molar-refractivity contribution in [2.45, 2.75) is 32.1 Å². The van der Waals surface area contributed by atoms with E-state index in [1.165, 1.54) is 5.56 Å². The number of rotatable bonds is 8. The van der Waals surface area contributed by atoms with Crippen molar-refractivity contribution < 1.29 is 14.3 Å². The van der Waals surface area contributed by atoms with Crippen LogP contribution in [0.3, 0.4) is 0 Å². The van der Waals surface area contributed by atoms with Gasteiger partial charge in [-0.05, 0) is 37.6 Å². The molecule has 0 saturated heterocycles. The van der Waals surface area contributed by atoms with E-state index in [1.807, 2.05) is 22.8 Å². The number of hydrogen-bond acceptors (Lipinski definition) is 6. The second-order valence-electron chi connectivity index (χ2n) is 5.92. The largest absolute Gasteiger partial charge is 0.481 e. The Kier molecular flexibility index (Phi) is 5.62. The number of nitrogens with zero attached hydrogens (tertiary/aromatic N) is 3. The summed E-state index contributed by atoms with van der Waals surface area (Å²) in [6.07, 6.45) is 1.61. The third kappa shape index (κ3) is 4.45. The molecule has 0 atom stereocenters. The minimum Gasteiger partial charge on any atom is -0.481 e. The van der Waals surface area contributed by atoms with Crippen molar-refractivity contribution in [2.75, 3.05) is 11.1 Å². The van der Waals surface area contributed by atoms with Crippen LogP contribution in [-0.2, 0) is 17.9 Å². The number of nitrogens with one attached hydrogen (secondary N) is 1. The molecule has 0 spiro atoms. The predicted molar refractivity (Wildman–Crippen MR) is 99.4 cm³/mol. The Bertz CT molecular complexity index is 890. The summed E-state index contributed by atoms with van der Waals surface area (Å²) in [5.41, 5.74) is 3.40. The van der Waals surface area contributed by atoms with Crippen molar-refractivity contribution in [1.82, 2.24) is 14.8 Å². The van der Waals surface area contributed by atoms with Crippen LogP contribution in [0.4, 0.5) is 5.69 Å². The first-order valence-corrected chi connectivity index (χ1v) is 9.11. The van der Waals surface area contributed by atoms with Crippen LogP contribution in [0.15, 0.2) is 46.2 Å². The SMILES string of the molecule is Cc1ccc(NCc2nnc(SCC(=O)O)n2Cc2ccco2)c(C)c1. The van der Waals surface area contributed by atoms with Gasteiger partial charge in [-0.2, -0.15) is 0 Å². The molecule has 0 bridgehead atoms. The topological polar surface area (TPSA) is 93.2 Å². The van der Waals surface area contributed by atoms with Crippen molar-refractivity contribution in [2.24, 2.45) is 0 Å². The van der Waals surface area contributed by atoms with E-state index in [2.05, 4.69) is 41.5 Å². The normalized spacial score (nSPS) is 10.8. The van der Waals surface area contributed by atoms with Gasteiger partial charge in [-0.1, -0.05) is 29.5 Å². The molecule has 0 saturated carbocycles. The van der Waals surface area contributed by atoms with Gasteiger partial charge in [0.25, 0.3) is 0 Å². The monoisotopic (exact) mass is 372 g/mol. The van der Waals surface area contributed by atoms with Crippen LogP contribution >= 0.6 is 11.8 Å². The molecule has 2 N–H and O–H groups in total. The molecule has 0 aliphatic heterocycles. The summed E-state index contributed by atoms with van der Waals surface area (Å²) >= 11 is 1.14. The van der Waals surface area contributed by atoms with E-state index in [4.69, 9.17) is 9.52 Å². The van der Waals surface area contributed by atoms with E-state index in [0.29, 0.717) is 24.1 Å². The van der Waals surface area contributed by atoms with Gasteiger partial charge in [-0.15, -0.1) is 10.2 Å². The molecule has 0 radical (unpaired) electrons. The molecule has 0 aliphatic carbocycles. The van der Waals surface area contributed by atoms with Crippen LogP contribution in [0.5, 0.6) is 0 Å². The van der Waals surface area contributed by atoms with Crippen LogP contribution in [0.2, 0.25) is 0 Å². The number of hydrogen-bond donors (Lipinski definition) is 2. The predicted octanol–water partition coefficient (Wildman–Crippen LogP) is 3.33. The average Bonchev–Trinajstić information content (AvgIpc) is 3.23. The lowest BCUT2D eigenvalue weighted by atomic mass is 10.1. The molecule has 2 aromatic heterocycles. The van der Waals surface area contributed by atoms with Crippen LogP contribution in [0, 0.1) is 13.8 Å². The molecule has 136 valence electrons. The van der Waals surface area contributed by atoms with Crippen molar-refractivity contribution in [3.8, 4) is 0 Å². The lowest BCUT2D eigenvalue weighted by molar-refractivity contribution is -0.133. The summed E-state index contributed by atoms with van der Waals surface area (Å²) in [6, 6.07) is 9.89. The Balaban J connectivity index is 1.79. The van der Waals surface area contributed by atoms with Crippen molar-refractivity contribution in [3.63, 3.8) is 0 Å². The van der Waals surface area contributed by atoms with E-state index >= 15 is 0 Å². The molecule has 0 unspecified atom stereocenters. The number of aryl methyl sites for hydroxylation is 2. The van der Waals surface area contributed by atoms with E-state index in [9.17, 15) is 4.79 Å². The third-order valence-electron chi connectivity index (χ3n) is 3.83. The summed E-state index contributed by atoms with van der Waals surface area (Å²) in [7, 11) is 0. The molecule has 26 heavy (non-hydrogen) atoms. The Labute approximate surface area is 155 Å². The van der Waals surface area contributed by atoms with Crippen LogP contribution in [0.25, 0.3) is 0 Å². The highest BCUT2D eigenvalue weighted by Gasteiger charge is 2.15. The smallest absolute Gasteiger partial charge is 0.313 e. The lowest BCUT2D eigenvalue weighted by Gasteiger charge is -2.12. The maximum absolute atomic E-state index is 10.9. The third-order valence-corrected chi connectivity index (χ3v) is 4.78. The van der Waals surface area contributed by atoms with Gasteiger partial charge < -0.3 is 14.8 Å². The highest BCUT2D eigenvalue weighted by molar-refractivity contribution is 7.99. The zero-order valence-electron chi connectivity index (χ0n) is 14.6. The van der Waals surface area contributed by atoms with Crippen LogP contribution in [0.1, 0.15) is 22.7 Å². The standard InChI is InChI=1S/C18H20N4O3S/c1-12-5-6-15(13(2)8-12)19-9-16-20-21-18(26-11-17(23)24)22(16)10-14-4-3-7-25-14/h3-8,19H,9-11H2,1-2H3,(H,23,24). The van der Waals surface area contributed by atoms with Gasteiger partial charge in [0.2, 0.25) is 0 Å². The molecule has 3 rings (SSSR count). The molecule has 7 nitrogen and oxygen atoms in total. The van der Waals surface area contributed by atoms with E-state index in [-0.39, 0.29) is 5.75 Å². The number of carboxylic acid groups (broad SMARTS) is 1. The second-order valence-corrected chi connectivity index (χ2v) is 6.86. The summed E-state index contributed by atoms with van der Waals surface area (Å²) in [4.78, 5) is 10.9. The number of thioether (sulfide) groups is 1. The summed E-state index contributed by atoms with van der Waals surface area (Å²) in [5, 5.41) is 21.2. The van der Waals surface area contributed by atoms with Crippen molar-refractivity contribution in [1.29, 1.82) is 0 Å². The molecule has 8 heteroatoms. The first kappa shape index (κ1) is 18.1. The maximum atomic E-state index is 10.9. The molecule has 1 aromatic carbocycles. The van der Waals surface area contributed by atoms with Gasteiger partial charge in [0.05, 0.1) is 25.1 Å². The molecule has 0 amide bonds. The fourth-order valence-electron chi connectivity index (χ4n) is 2.59. The van der Waals surface area contributed by atoms with E-state index in [1.54, 1.807) is 6.26 Å². The summed E-state index contributed by atoms with van der Waals surface area (Å²) < 4.78 is 7.29. The number of furan rings is 1. The number of benzene rings is 1. The van der Waals surface area contributed by atoms with Crippen molar-refractivity contribution >= 4 is 23.4 Å². The maximum Gasteiger partial charge on any atom is 0.313 e. The first-order chi connectivity index (χ1) is 12.5. The number of anilines is 1. The average molecular weight is 372 g/mol. The molecule has 0 aliphatic rings. The van der Waals surface area contributed by atoms with Crippen LogP contribution < -0.4 is 5.32 Å². The van der Waals surface area contributed by atoms with Gasteiger partial charge in [0.1, 0.15) is 5.76 Å². The van der Waals surface area contributed by atoms with E-state index in [0.717, 1.165) is 28.8 Å². The zero-order valence-corrected chi connectivity index (χ0v) is 15.4. The Morgan fingerprint density at radius 2 is 2.15 bits per heavy atom. The molecule has 2 heterocycles. The zero-order chi connectivity index (χ0) is 18.5. The molecule has 0 fully saturated rings. The molecular weight excluding hydrogens is 352 g/mol.